The van der Waals surface area contributed by atoms with Gasteiger partial charge in [-0.3, -0.25) is 4.79 Å². The van der Waals surface area contributed by atoms with Crippen molar-refractivity contribution in [3.63, 3.8) is 0 Å². The molecule has 0 radical (unpaired) electrons. The number of aryl methyl sites for hydroxylation is 1. The van der Waals surface area contributed by atoms with E-state index < -0.39 is 6.10 Å². The predicted octanol–water partition coefficient (Wildman–Crippen LogP) is 2.38. The first-order valence-electron chi connectivity index (χ1n) is 6.78. The van der Waals surface area contributed by atoms with Gasteiger partial charge in [0, 0.05) is 12.0 Å². The molecule has 3 heteroatoms. The molecule has 0 fully saturated rings. The molecule has 0 bridgehead atoms. The van der Waals surface area contributed by atoms with Gasteiger partial charge in [0.1, 0.15) is 0 Å². The summed E-state index contributed by atoms with van der Waals surface area (Å²) in [4.78, 5) is 12.2. The third kappa shape index (κ3) is 2.32. The molecule has 0 aromatic heterocycles. The van der Waals surface area contributed by atoms with Crippen molar-refractivity contribution < 1.29 is 9.90 Å². The number of hydrogen-bond donors (Lipinski definition) is 2. The first-order valence-corrected chi connectivity index (χ1v) is 6.78. The zero-order valence-electron chi connectivity index (χ0n) is 11.3. The van der Waals surface area contributed by atoms with Crippen LogP contribution in [-0.2, 0) is 6.42 Å². The highest BCUT2D eigenvalue weighted by atomic mass is 16.3. The molecule has 102 valence electrons. The fraction of sp³-hybridized carbons (Fsp3) is 0.235. The van der Waals surface area contributed by atoms with E-state index in [9.17, 15) is 9.90 Å². The molecule has 2 aromatic carbocycles. The van der Waals surface area contributed by atoms with Gasteiger partial charge in [0.2, 0.25) is 0 Å². The summed E-state index contributed by atoms with van der Waals surface area (Å²) in [7, 11) is 0. The zero-order valence-corrected chi connectivity index (χ0v) is 11.3. The summed E-state index contributed by atoms with van der Waals surface area (Å²) in [6.45, 7) is 1.98. The van der Waals surface area contributed by atoms with Crippen molar-refractivity contribution >= 4 is 5.91 Å². The maximum atomic E-state index is 12.2. The van der Waals surface area contributed by atoms with Crippen LogP contribution in [-0.4, -0.2) is 17.1 Å². The highest BCUT2D eigenvalue weighted by Crippen LogP contribution is 2.31. The van der Waals surface area contributed by atoms with Crippen LogP contribution < -0.4 is 5.32 Å². The lowest BCUT2D eigenvalue weighted by molar-refractivity contribution is 0.0858. The van der Waals surface area contributed by atoms with Crippen LogP contribution in [0.3, 0.4) is 0 Å². The number of aliphatic hydroxyl groups is 1. The van der Waals surface area contributed by atoms with E-state index in [4.69, 9.17) is 0 Å². The van der Waals surface area contributed by atoms with Crippen molar-refractivity contribution in [3.8, 4) is 0 Å². The lowest BCUT2D eigenvalue weighted by atomic mass is 10.1. The van der Waals surface area contributed by atoms with Crippen LogP contribution in [0.1, 0.15) is 33.1 Å². The molecule has 0 saturated heterocycles. The van der Waals surface area contributed by atoms with Crippen molar-refractivity contribution in [2.24, 2.45) is 0 Å². The number of rotatable bonds is 2. The highest BCUT2D eigenvalue weighted by Gasteiger charge is 2.31. The molecule has 2 aromatic rings. The number of benzene rings is 2. The number of carbonyl (C=O) groups excluding carboxylic acids is 1. The summed E-state index contributed by atoms with van der Waals surface area (Å²) < 4.78 is 0. The van der Waals surface area contributed by atoms with Crippen LogP contribution in [0, 0.1) is 6.92 Å². The molecule has 1 amide bonds. The van der Waals surface area contributed by atoms with Crippen molar-refractivity contribution in [1.82, 2.24) is 5.32 Å². The Bertz CT molecular complexity index is 634. The molecular weight excluding hydrogens is 250 g/mol. The molecule has 2 N–H and O–H groups in total. The molecule has 1 aliphatic rings. The van der Waals surface area contributed by atoms with Gasteiger partial charge < -0.3 is 10.4 Å². The second kappa shape index (κ2) is 5.10. The second-order valence-electron chi connectivity index (χ2n) is 5.29. The fourth-order valence-electron chi connectivity index (χ4n) is 2.68. The van der Waals surface area contributed by atoms with Gasteiger partial charge in [-0.1, -0.05) is 42.0 Å². The third-order valence-corrected chi connectivity index (χ3v) is 3.80. The van der Waals surface area contributed by atoms with Crippen molar-refractivity contribution in [1.29, 1.82) is 0 Å². The second-order valence-corrected chi connectivity index (χ2v) is 5.29. The summed E-state index contributed by atoms with van der Waals surface area (Å²) in [5.74, 6) is -0.147. The van der Waals surface area contributed by atoms with E-state index in [2.05, 4.69) is 5.32 Å². The fourth-order valence-corrected chi connectivity index (χ4v) is 2.68. The normalized spacial score (nSPS) is 20.5. The van der Waals surface area contributed by atoms with Gasteiger partial charge in [-0.15, -0.1) is 0 Å². The average Bonchev–Trinajstić information content (AvgIpc) is 2.76. The lowest BCUT2D eigenvalue weighted by Gasteiger charge is -2.18. The number of amides is 1. The first kappa shape index (κ1) is 12.9. The minimum atomic E-state index is -0.554. The van der Waals surface area contributed by atoms with Gasteiger partial charge in [-0.05, 0) is 30.2 Å². The van der Waals surface area contributed by atoms with Crippen LogP contribution in [0.15, 0.2) is 48.5 Å². The third-order valence-electron chi connectivity index (χ3n) is 3.80. The minimum Gasteiger partial charge on any atom is -0.390 e. The predicted molar refractivity (Wildman–Crippen MR) is 77.5 cm³/mol. The van der Waals surface area contributed by atoms with Gasteiger partial charge in [0.15, 0.2) is 0 Å². The summed E-state index contributed by atoms with van der Waals surface area (Å²) >= 11 is 0. The van der Waals surface area contributed by atoms with E-state index in [0.29, 0.717) is 12.0 Å². The van der Waals surface area contributed by atoms with E-state index in [0.717, 1.165) is 16.7 Å². The highest BCUT2D eigenvalue weighted by molar-refractivity contribution is 5.94. The van der Waals surface area contributed by atoms with Crippen LogP contribution in [0.4, 0.5) is 0 Å². The maximum Gasteiger partial charge on any atom is 0.251 e. The van der Waals surface area contributed by atoms with E-state index in [1.54, 1.807) is 12.1 Å². The summed E-state index contributed by atoms with van der Waals surface area (Å²) in [5, 5.41) is 13.1. The number of nitrogens with one attached hydrogen (secondary N) is 1. The van der Waals surface area contributed by atoms with Crippen LogP contribution >= 0.6 is 0 Å². The Labute approximate surface area is 118 Å². The van der Waals surface area contributed by atoms with Gasteiger partial charge in [0.25, 0.3) is 5.91 Å². The molecule has 1 aliphatic carbocycles. The van der Waals surface area contributed by atoms with Gasteiger partial charge >= 0.3 is 0 Å². The first-order chi connectivity index (χ1) is 9.65. The molecule has 3 rings (SSSR count). The van der Waals surface area contributed by atoms with E-state index in [-0.39, 0.29) is 11.9 Å². The monoisotopic (exact) mass is 267 g/mol. The zero-order chi connectivity index (χ0) is 14.1. The Morgan fingerprint density at radius 2 is 1.85 bits per heavy atom. The SMILES string of the molecule is Cc1ccc(C(=O)N[C@@H]2c3ccccc3C[C@@H]2O)cc1. The van der Waals surface area contributed by atoms with Gasteiger partial charge in [-0.25, -0.2) is 0 Å². The molecule has 0 spiro atoms. The van der Waals surface area contributed by atoms with Crippen molar-refractivity contribution in [2.45, 2.75) is 25.5 Å². The Hall–Kier alpha value is -2.13. The Kier molecular flexibility index (Phi) is 3.28. The molecular formula is C17H17NO2. The van der Waals surface area contributed by atoms with E-state index >= 15 is 0 Å². The summed E-state index contributed by atoms with van der Waals surface area (Å²) in [6.07, 6.45) is 0.0384. The van der Waals surface area contributed by atoms with E-state index in [1.165, 1.54) is 0 Å². The summed E-state index contributed by atoms with van der Waals surface area (Å²) in [6, 6.07) is 15.0. The largest absolute Gasteiger partial charge is 0.390 e. The standard InChI is InChI=1S/C17H17NO2/c1-11-6-8-12(9-7-11)17(20)18-16-14-5-3-2-4-13(14)10-15(16)19/h2-9,15-16,19H,10H2,1H3,(H,18,20)/t15-,16+/m0/s1. The van der Waals surface area contributed by atoms with Crippen LogP contribution in [0.5, 0.6) is 0 Å². The quantitative estimate of drug-likeness (QED) is 0.877. The molecule has 3 nitrogen and oxygen atoms in total. The number of fused-ring (bicyclic) bond motifs is 1. The van der Waals surface area contributed by atoms with Crippen LogP contribution in [0.2, 0.25) is 0 Å². The summed E-state index contributed by atoms with van der Waals surface area (Å²) in [5.41, 5.74) is 3.86. The number of hydrogen-bond acceptors (Lipinski definition) is 2. The van der Waals surface area contributed by atoms with Crippen LogP contribution in [0.25, 0.3) is 0 Å². The average molecular weight is 267 g/mol. The molecule has 0 unspecified atom stereocenters. The maximum absolute atomic E-state index is 12.2. The molecule has 0 heterocycles. The van der Waals surface area contributed by atoms with Crippen molar-refractivity contribution in [2.75, 3.05) is 0 Å². The number of aliphatic hydroxyl groups excluding tert-OH is 1. The molecule has 20 heavy (non-hydrogen) atoms. The minimum absolute atomic E-state index is 0.147. The molecule has 0 saturated carbocycles. The topological polar surface area (TPSA) is 49.3 Å². The van der Waals surface area contributed by atoms with Gasteiger partial charge in [-0.2, -0.15) is 0 Å². The lowest BCUT2D eigenvalue weighted by Crippen LogP contribution is -2.33. The Balaban J connectivity index is 1.81. The number of carbonyl (C=O) groups is 1. The Morgan fingerprint density at radius 3 is 2.60 bits per heavy atom. The molecule has 0 aliphatic heterocycles. The van der Waals surface area contributed by atoms with Gasteiger partial charge in [0.05, 0.1) is 12.1 Å². The smallest absolute Gasteiger partial charge is 0.251 e. The van der Waals surface area contributed by atoms with E-state index in [1.807, 2.05) is 43.3 Å². The molecule has 2 atom stereocenters. The van der Waals surface area contributed by atoms with Crippen molar-refractivity contribution in [3.05, 3.63) is 70.8 Å². The Morgan fingerprint density at radius 1 is 1.15 bits per heavy atom.